The van der Waals surface area contributed by atoms with Crippen LogP contribution >= 0.6 is 11.6 Å². The van der Waals surface area contributed by atoms with Gasteiger partial charge < -0.3 is 9.73 Å². The first-order valence-corrected chi connectivity index (χ1v) is 9.45. The SMILES string of the molecule is CNCc1ccc(-c2ccco2)c(NS(=O)(=O)c2ccc(Cl)cc2)c1. The molecular weight excluding hydrogens is 360 g/mol. The summed E-state index contributed by atoms with van der Waals surface area (Å²) in [7, 11) is -1.91. The highest BCUT2D eigenvalue weighted by Crippen LogP contribution is 2.31. The summed E-state index contributed by atoms with van der Waals surface area (Å²) in [4.78, 5) is 0.140. The van der Waals surface area contributed by atoms with Crippen molar-refractivity contribution < 1.29 is 12.8 Å². The van der Waals surface area contributed by atoms with E-state index in [1.54, 1.807) is 36.6 Å². The summed E-state index contributed by atoms with van der Waals surface area (Å²) in [6.07, 6.45) is 1.55. The third kappa shape index (κ3) is 4.04. The summed E-state index contributed by atoms with van der Waals surface area (Å²) in [5.41, 5.74) is 2.08. The minimum atomic E-state index is -3.75. The normalized spacial score (nSPS) is 11.4. The Morgan fingerprint density at radius 2 is 1.84 bits per heavy atom. The Morgan fingerprint density at radius 3 is 2.48 bits per heavy atom. The Kier molecular flexibility index (Phi) is 5.13. The fourth-order valence-corrected chi connectivity index (χ4v) is 3.65. The summed E-state index contributed by atoms with van der Waals surface area (Å²) in [5.74, 6) is 0.588. The Balaban J connectivity index is 2.02. The topological polar surface area (TPSA) is 71.3 Å². The molecule has 5 nitrogen and oxygen atoms in total. The second-order valence-electron chi connectivity index (χ2n) is 5.45. The Hall–Kier alpha value is -2.28. The van der Waals surface area contributed by atoms with Gasteiger partial charge in [-0.3, -0.25) is 4.72 Å². The van der Waals surface area contributed by atoms with Crippen LogP contribution in [0.3, 0.4) is 0 Å². The number of nitrogens with one attached hydrogen (secondary N) is 2. The average molecular weight is 377 g/mol. The molecule has 0 bridgehead atoms. The lowest BCUT2D eigenvalue weighted by atomic mass is 10.1. The van der Waals surface area contributed by atoms with Gasteiger partial charge in [-0.25, -0.2) is 8.42 Å². The zero-order valence-corrected chi connectivity index (χ0v) is 15.1. The van der Waals surface area contributed by atoms with Crippen LogP contribution in [0, 0.1) is 0 Å². The molecule has 3 rings (SSSR count). The zero-order chi connectivity index (χ0) is 17.9. The summed E-state index contributed by atoms with van der Waals surface area (Å²) in [5, 5.41) is 3.53. The lowest BCUT2D eigenvalue weighted by molar-refractivity contribution is 0.582. The molecule has 0 radical (unpaired) electrons. The molecule has 0 saturated heterocycles. The van der Waals surface area contributed by atoms with Gasteiger partial charge in [0.2, 0.25) is 0 Å². The maximum absolute atomic E-state index is 12.7. The van der Waals surface area contributed by atoms with Crippen LogP contribution in [0.1, 0.15) is 5.56 Å². The fourth-order valence-electron chi connectivity index (χ4n) is 2.45. The van der Waals surface area contributed by atoms with Crippen LogP contribution in [0.5, 0.6) is 0 Å². The molecular formula is C18H17ClN2O3S. The van der Waals surface area contributed by atoms with Crippen LogP contribution in [0.25, 0.3) is 11.3 Å². The lowest BCUT2D eigenvalue weighted by Gasteiger charge is -2.13. The van der Waals surface area contributed by atoms with Crippen LogP contribution in [0.4, 0.5) is 5.69 Å². The lowest BCUT2D eigenvalue weighted by Crippen LogP contribution is -2.14. The van der Waals surface area contributed by atoms with Gasteiger partial charge in [-0.15, -0.1) is 0 Å². The molecule has 0 unspecified atom stereocenters. The van der Waals surface area contributed by atoms with Crippen molar-refractivity contribution in [3.8, 4) is 11.3 Å². The molecule has 0 aliphatic heterocycles. The number of furan rings is 1. The molecule has 0 saturated carbocycles. The van der Waals surface area contributed by atoms with E-state index in [-0.39, 0.29) is 4.90 Å². The van der Waals surface area contributed by atoms with Gasteiger partial charge in [-0.1, -0.05) is 17.7 Å². The average Bonchev–Trinajstić information content (AvgIpc) is 3.10. The van der Waals surface area contributed by atoms with Crippen molar-refractivity contribution in [3.63, 3.8) is 0 Å². The van der Waals surface area contributed by atoms with Crippen LogP contribution < -0.4 is 10.0 Å². The zero-order valence-electron chi connectivity index (χ0n) is 13.5. The van der Waals surface area contributed by atoms with E-state index in [0.717, 1.165) is 5.56 Å². The number of anilines is 1. The maximum Gasteiger partial charge on any atom is 0.261 e. The van der Waals surface area contributed by atoms with Crippen molar-refractivity contribution in [3.05, 3.63) is 71.4 Å². The van der Waals surface area contributed by atoms with Crippen molar-refractivity contribution in [2.45, 2.75) is 11.4 Å². The van der Waals surface area contributed by atoms with E-state index in [1.807, 2.05) is 19.2 Å². The number of halogens is 1. The number of benzene rings is 2. The van der Waals surface area contributed by atoms with Gasteiger partial charge in [0.05, 0.1) is 16.8 Å². The molecule has 0 fully saturated rings. The largest absolute Gasteiger partial charge is 0.464 e. The van der Waals surface area contributed by atoms with Gasteiger partial charge in [0.15, 0.2) is 0 Å². The van der Waals surface area contributed by atoms with Crippen LogP contribution in [-0.2, 0) is 16.6 Å². The summed E-state index contributed by atoms with van der Waals surface area (Å²) in [6, 6.07) is 15.1. The maximum atomic E-state index is 12.7. The molecule has 7 heteroatoms. The standard InChI is InChI=1S/C18H17ClN2O3S/c1-20-12-13-4-9-16(18-3-2-10-24-18)17(11-13)21-25(22,23)15-7-5-14(19)6-8-15/h2-11,20-21H,12H2,1H3. The highest BCUT2D eigenvalue weighted by Gasteiger charge is 2.18. The predicted octanol–water partition coefficient (Wildman–Crippen LogP) is 4.12. The van der Waals surface area contributed by atoms with Gasteiger partial charge in [0.1, 0.15) is 5.76 Å². The molecule has 1 aromatic heterocycles. The summed E-state index contributed by atoms with van der Waals surface area (Å²) >= 11 is 5.84. The molecule has 0 aliphatic rings. The molecule has 0 spiro atoms. The summed E-state index contributed by atoms with van der Waals surface area (Å²) in [6.45, 7) is 0.619. The molecule has 2 N–H and O–H groups in total. The summed E-state index contributed by atoms with van der Waals surface area (Å²) < 4.78 is 33.5. The van der Waals surface area contributed by atoms with Gasteiger partial charge in [0, 0.05) is 17.1 Å². The van der Waals surface area contributed by atoms with Gasteiger partial charge in [-0.2, -0.15) is 0 Å². The minimum absolute atomic E-state index is 0.140. The second kappa shape index (κ2) is 7.31. The molecule has 0 atom stereocenters. The quantitative estimate of drug-likeness (QED) is 0.678. The van der Waals surface area contributed by atoms with Crippen molar-refractivity contribution in [2.75, 3.05) is 11.8 Å². The minimum Gasteiger partial charge on any atom is -0.464 e. The number of hydrogen-bond donors (Lipinski definition) is 2. The number of rotatable bonds is 6. The first-order chi connectivity index (χ1) is 12.0. The van der Waals surface area contributed by atoms with E-state index < -0.39 is 10.0 Å². The smallest absolute Gasteiger partial charge is 0.261 e. The molecule has 1 heterocycles. The molecule has 2 aromatic carbocycles. The highest BCUT2D eigenvalue weighted by molar-refractivity contribution is 7.92. The van der Waals surface area contributed by atoms with Gasteiger partial charge in [-0.05, 0) is 61.1 Å². The third-order valence-corrected chi connectivity index (χ3v) is 5.25. The van der Waals surface area contributed by atoms with E-state index in [2.05, 4.69) is 10.0 Å². The van der Waals surface area contributed by atoms with Crippen molar-refractivity contribution in [1.82, 2.24) is 5.32 Å². The monoisotopic (exact) mass is 376 g/mol. The molecule has 0 aliphatic carbocycles. The van der Waals surface area contributed by atoms with Crippen molar-refractivity contribution in [2.24, 2.45) is 0 Å². The first kappa shape index (κ1) is 17.5. The van der Waals surface area contributed by atoms with Gasteiger partial charge >= 0.3 is 0 Å². The van der Waals surface area contributed by atoms with Crippen LogP contribution in [-0.4, -0.2) is 15.5 Å². The second-order valence-corrected chi connectivity index (χ2v) is 7.57. The van der Waals surface area contributed by atoms with Crippen molar-refractivity contribution in [1.29, 1.82) is 0 Å². The number of sulfonamides is 1. The van der Waals surface area contributed by atoms with Crippen LogP contribution in [0.15, 0.2) is 70.2 Å². The molecule has 0 amide bonds. The fraction of sp³-hybridized carbons (Fsp3) is 0.111. The van der Waals surface area contributed by atoms with Crippen molar-refractivity contribution >= 4 is 27.3 Å². The molecule has 25 heavy (non-hydrogen) atoms. The Labute approximate surface area is 151 Å². The highest BCUT2D eigenvalue weighted by atomic mass is 35.5. The predicted molar refractivity (Wildman–Crippen MR) is 99.2 cm³/mol. The van der Waals surface area contributed by atoms with E-state index in [4.69, 9.17) is 16.0 Å². The van der Waals surface area contributed by atoms with Gasteiger partial charge in [0.25, 0.3) is 10.0 Å². The third-order valence-electron chi connectivity index (χ3n) is 3.62. The Morgan fingerprint density at radius 1 is 1.08 bits per heavy atom. The molecule has 130 valence electrons. The van der Waals surface area contributed by atoms with E-state index in [9.17, 15) is 8.42 Å². The van der Waals surface area contributed by atoms with Crippen LogP contribution in [0.2, 0.25) is 5.02 Å². The Bertz CT molecular complexity index is 952. The van der Waals surface area contributed by atoms with E-state index in [0.29, 0.717) is 28.6 Å². The van der Waals surface area contributed by atoms with E-state index >= 15 is 0 Å². The van der Waals surface area contributed by atoms with E-state index in [1.165, 1.54) is 12.1 Å². The number of hydrogen-bond acceptors (Lipinski definition) is 4. The molecule has 3 aromatic rings. The first-order valence-electron chi connectivity index (χ1n) is 7.59.